The van der Waals surface area contributed by atoms with Crippen molar-refractivity contribution >= 4 is 51.8 Å². The van der Waals surface area contributed by atoms with Crippen LogP contribution in [-0.4, -0.2) is 15.7 Å². The van der Waals surface area contributed by atoms with Crippen LogP contribution < -0.4 is 10.9 Å². The summed E-state index contributed by atoms with van der Waals surface area (Å²) in [6.07, 6.45) is 1.43. The minimum atomic E-state index is -0.468. The SMILES string of the molecule is Cl.O=C(Cn1ncc2c(=O)oc3ccccc3c21)NCc1cccc(Cl)c1. The molecule has 0 unspecified atom stereocenters. The molecule has 0 aliphatic rings. The Kier molecular flexibility index (Phi) is 5.48. The van der Waals surface area contributed by atoms with Gasteiger partial charge < -0.3 is 9.73 Å². The van der Waals surface area contributed by atoms with Crippen LogP contribution in [0, 0.1) is 0 Å². The predicted octanol–water partition coefficient (Wildman–Crippen LogP) is 3.53. The van der Waals surface area contributed by atoms with Crippen molar-refractivity contribution in [1.29, 1.82) is 0 Å². The Hall–Kier alpha value is -2.83. The van der Waals surface area contributed by atoms with Crippen molar-refractivity contribution in [2.24, 2.45) is 0 Å². The van der Waals surface area contributed by atoms with Crippen LogP contribution >= 0.6 is 24.0 Å². The highest BCUT2D eigenvalue weighted by Gasteiger charge is 2.14. The Labute approximate surface area is 165 Å². The number of nitrogens with zero attached hydrogens (tertiary/aromatic N) is 2. The zero-order chi connectivity index (χ0) is 18.1. The molecule has 0 saturated heterocycles. The van der Waals surface area contributed by atoms with Crippen molar-refractivity contribution in [3.05, 3.63) is 75.7 Å². The van der Waals surface area contributed by atoms with Gasteiger partial charge in [0.15, 0.2) is 0 Å². The Bertz CT molecular complexity index is 1180. The number of halogens is 2. The third kappa shape index (κ3) is 3.82. The van der Waals surface area contributed by atoms with Crippen molar-refractivity contribution in [1.82, 2.24) is 15.1 Å². The van der Waals surface area contributed by atoms with E-state index < -0.39 is 5.63 Å². The van der Waals surface area contributed by atoms with Gasteiger partial charge in [0.1, 0.15) is 17.5 Å². The number of amides is 1. The predicted molar refractivity (Wildman–Crippen MR) is 106 cm³/mol. The summed E-state index contributed by atoms with van der Waals surface area (Å²) in [6, 6.07) is 14.5. The molecule has 0 bridgehead atoms. The average molecular weight is 404 g/mol. The first-order valence-corrected chi connectivity index (χ1v) is 8.38. The highest BCUT2D eigenvalue weighted by molar-refractivity contribution is 6.30. The third-order valence-corrected chi connectivity index (χ3v) is 4.31. The number of carbonyl (C=O) groups is 1. The summed E-state index contributed by atoms with van der Waals surface area (Å²) in [7, 11) is 0. The first-order valence-electron chi connectivity index (χ1n) is 8.00. The molecular formula is C19H15Cl2N3O3. The van der Waals surface area contributed by atoms with Gasteiger partial charge in [-0.15, -0.1) is 12.4 Å². The highest BCUT2D eigenvalue weighted by atomic mass is 35.5. The van der Waals surface area contributed by atoms with Gasteiger partial charge in [-0.25, -0.2) is 4.79 Å². The fraction of sp³-hybridized carbons (Fsp3) is 0.105. The summed E-state index contributed by atoms with van der Waals surface area (Å²) in [4.78, 5) is 24.4. The molecule has 1 N–H and O–H groups in total. The Morgan fingerprint density at radius 1 is 1.15 bits per heavy atom. The third-order valence-electron chi connectivity index (χ3n) is 4.08. The maximum atomic E-state index is 12.3. The van der Waals surface area contributed by atoms with E-state index in [1.165, 1.54) is 10.9 Å². The quantitative estimate of drug-likeness (QED) is 0.528. The normalized spacial score (nSPS) is 10.7. The van der Waals surface area contributed by atoms with Crippen molar-refractivity contribution in [3.63, 3.8) is 0 Å². The number of aromatic nitrogens is 2. The standard InChI is InChI=1S/C19H14ClN3O3.ClH/c20-13-5-3-4-12(8-13)9-21-17(24)11-23-18-14-6-1-2-7-16(14)26-19(25)15(18)10-22-23;/h1-8,10H,9,11H2,(H,21,24);1H. The van der Waals surface area contributed by atoms with E-state index >= 15 is 0 Å². The van der Waals surface area contributed by atoms with E-state index in [2.05, 4.69) is 10.4 Å². The zero-order valence-electron chi connectivity index (χ0n) is 14.0. The maximum absolute atomic E-state index is 12.3. The van der Waals surface area contributed by atoms with Gasteiger partial charge in [0.05, 0.1) is 11.7 Å². The van der Waals surface area contributed by atoms with Crippen LogP contribution in [0.2, 0.25) is 5.02 Å². The lowest BCUT2D eigenvalue weighted by Gasteiger charge is -2.08. The van der Waals surface area contributed by atoms with Gasteiger partial charge >= 0.3 is 5.63 Å². The van der Waals surface area contributed by atoms with Gasteiger partial charge in [0, 0.05) is 17.0 Å². The Morgan fingerprint density at radius 2 is 1.96 bits per heavy atom. The molecule has 4 rings (SSSR count). The molecule has 0 saturated carbocycles. The lowest BCUT2D eigenvalue weighted by Crippen LogP contribution is -2.27. The summed E-state index contributed by atoms with van der Waals surface area (Å²) < 4.78 is 6.80. The van der Waals surface area contributed by atoms with Gasteiger partial charge in [0.2, 0.25) is 5.91 Å². The fourth-order valence-electron chi connectivity index (χ4n) is 2.88. The van der Waals surface area contributed by atoms with Gasteiger partial charge in [0.25, 0.3) is 0 Å². The van der Waals surface area contributed by atoms with E-state index in [1.54, 1.807) is 24.3 Å². The summed E-state index contributed by atoms with van der Waals surface area (Å²) in [5.74, 6) is -0.215. The summed E-state index contributed by atoms with van der Waals surface area (Å²) in [5, 5.41) is 8.73. The summed E-state index contributed by atoms with van der Waals surface area (Å²) in [6.45, 7) is 0.360. The van der Waals surface area contributed by atoms with Crippen LogP contribution in [0.1, 0.15) is 5.56 Å². The van der Waals surface area contributed by atoms with Crippen LogP contribution in [0.15, 0.2) is 63.9 Å². The molecule has 0 atom stereocenters. The number of benzene rings is 2. The second-order valence-electron chi connectivity index (χ2n) is 5.86. The second-order valence-corrected chi connectivity index (χ2v) is 6.29. The van der Waals surface area contributed by atoms with E-state index in [9.17, 15) is 9.59 Å². The molecule has 1 amide bonds. The number of carbonyl (C=O) groups excluding carboxylic acids is 1. The van der Waals surface area contributed by atoms with Gasteiger partial charge in [-0.05, 0) is 29.8 Å². The molecule has 2 aromatic carbocycles. The largest absolute Gasteiger partial charge is 0.422 e. The van der Waals surface area contributed by atoms with Crippen LogP contribution in [0.5, 0.6) is 0 Å². The van der Waals surface area contributed by atoms with E-state index in [4.69, 9.17) is 16.0 Å². The lowest BCUT2D eigenvalue weighted by molar-refractivity contribution is -0.121. The second kappa shape index (κ2) is 7.82. The molecule has 8 heteroatoms. The minimum absolute atomic E-state index is 0. The van der Waals surface area contributed by atoms with Gasteiger partial charge in [-0.1, -0.05) is 35.9 Å². The first-order chi connectivity index (χ1) is 12.6. The summed E-state index contributed by atoms with van der Waals surface area (Å²) in [5.41, 5.74) is 1.49. The number of fused-ring (bicyclic) bond motifs is 3. The molecule has 6 nitrogen and oxygen atoms in total. The smallest absolute Gasteiger partial charge is 0.347 e. The van der Waals surface area contributed by atoms with Crippen molar-refractivity contribution < 1.29 is 9.21 Å². The van der Waals surface area contributed by atoms with Gasteiger partial charge in [-0.3, -0.25) is 9.48 Å². The average Bonchev–Trinajstić information content (AvgIpc) is 3.05. The molecule has 0 fully saturated rings. The molecule has 2 aromatic heterocycles. The van der Waals surface area contributed by atoms with Crippen LogP contribution in [0.3, 0.4) is 0 Å². The van der Waals surface area contributed by atoms with Gasteiger partial charge in [-0.2, -0.15) is 5.10 Å². The van der Waals surface area contributed by atoms with E-state index in [1.807, 2.05) is 24.3 Å². The molecule has 27 heavy (non-hydrogen) atoms. The van der Waals surface area contributed by atoms with Crippen molar-refractivity contribution in [2.45, 2.75) is 13.1 Å². The Balaban J connectivity index is 0.00000210. The van der Waals surface area contributed by atoms with Crippen molar-refractivity contribution in [3.8, 4) is 0 Å². The molecule has 2 heterocycles. The highest BCUT2D eigenvalue weighted by Crippen LogP contribution is 2.22. The molecule has 138 valence electrons. The topological polar surface area (TPSA) is 77.1 Å². The number of hydrogen-bond donors (Lipinski definition) is 1. The molecule has 0 radical (unpaired) electrons. The minimum Gasteiger partial charge on any atom is -0.422 e. The molecule has 0 aliphatic carbocycles. The summed E-state index contributed by atoms with van der Waals surface area (Å²) >= 11 is 5.95. The lowest BCUT2D eigenvalue weighted by atomic mass is 10.2. The van der Waals surface area contributed by atoms with Crippen LogP contribution in [0.4, 0.5) is 0 Å². The molecule has 4 aromatic rings. The first kappa shape index (κ1) is 18.9. The monoisotopic (exact) mass is 403 g/mol. The number of para-hydroxylation sites is 1. The number of nitrogens with one attached hydrogen (secondary N) is 1. The molecular weight excluding hydrogens is 389 g/mol. The number of rotatable bonds is 4. The van der Waals surface area contributed by atoms with Crippen LogP contribution in [0.25, 0.3) is 21.9 Å². The maximum Gasteiger partial charge on any atom is 0.347 e. The van der Waals surface area contributed by atoms with E-state index in [0.717, 1.165) is 10.9 Å². The molecule has 0 aliphatic heterocycles. The van der Waals surface area contributed by atoms with Crippen LogP contribution in [-0.2, 0) is 17.9 Å². The van der Waals surface area contributed by atoms with E-state index in [-0.39, 0.29) is 24.9 Å². The number of hydrogen-bond acceptors (Lipinski definition) is 4. The molecule has 0 spiro atoms. The van der Waals surface area contributed by atoms with E-state index in [0.29, 0.717) is 28.1 Å². The Morgan fingerprint density at radius 3 is 2.78 bits per heavy atom. The fourth-order valence-corrected chi connectivity index (χ4v) is 3.10. The zero-order valence-corrected chi connectivity index (χ0v) is 15.6. The van der Waals surface area contributed by atoms with Crippen molar-refractivity contribution in [2.75, 3.05) is 0 Å².